The smallest absolute Gasteiger partial charge is 0.116 e. The number of nitrogens with zero attached hydrogens (tertiary/aromatic N) is 1. The zero-order valence-electron chi connectivity index (χ0n) is 4.13. The third kappa shape index (κ3) is 1.34. The molecule has 0 saturated carbocycles. The summed E-state index contributed by atoms with van der Waals surface area (Å²) in [5.41, 5.74) is 0.680. The molecule has 1 nitrogen and oxygen atoms in total. The standard InChI is InChI=1S/C5H3BBrN/c6-4-1-5(7)3-8-2-4/h1-3H. The van der Waals surface area contributed by atoms with Crippen LogP contribution in [0.5, 0.6) is 0 Å². The highest BCUT2D eigenvalue weighted by molar-refractivity contribution is 9.10. The van der Waals surface area contributed by atoms with E-state index in [0.29, 0.717) is 5.46 Å². The van der Waals surface area contributed by atoms with E-state index in [1.807, 2.05) is 0 Å². The molecule has 8 heavy (non-hydrogen) atoms. The topological polar surface area (TPSA) is 12.9 Å². The molecule has 0 aliphatic rings. The van der Waals surface area contributed by atoms with Crippen LogP contribution in [0, 0.1) is 0 Å². The minimum absolute atomic E-state index is 0.680. The van der Waals surface area contributed by atoms with Gasteiger partial charge in [-0.05, 0) is 15.9 Å². The molecule has 1 rings (SSSR count). The van der Waals surface area contributed by atoms with Crippen molar-refractivity contribution >= 4 is 29.2 Å². The van der Waals surface area contributed by atoms with Crippen molar-refractivity contribution < 1.29 is 0 Å². The molecule has 0 bridgehead atoms. The van der Waals surface area contributed by atoms with Gasteiger partial charge in [-0.2, -0.15) is 0 Å². The maximum absolute atomic E-state index is 5.37. The monoisotopic (exact) mass is 167 g/mol. The van der Waals surface area contributed by atoms with Crippen molar-refractivity contribution in [2.75, 3.05) is 0 Å². The highest BCUT2D eigenvalue weighted by Gasteiger charge is 1.83. The lowest BCUT2D eigenvalue weighted by Gasteiger charge is -1.88. The molecule has 2 radical (unpaired) electrons. The summed E-state index contributed by atoms with van der Waals surface area (Å²) in [4.78, 5) is 3.81. The lowest BCUT2D eigenvalue weighted by molar-refractivity contribution is 1.33. The van der Waals surface area contributed by atoms with Gasteiger partial charge in [0.25, 0.3) is 0 Å². The van der Waals surface area contributed by atoms with Crippen molar-refractivity contribution in [3.05, 3.63) is 22.9 Å². The van der Waals surface area contributed by atoms with Gasteiger partial charge in [0.1, 0.15) is 7.85 Å². The van der Waals surface area contributed by atoms with Crippen molar-refractivity contribution in [2.45, 2.75) is 0 Å². The van der Waals surface area contributed by atoms with Gasteiger partial charge < -0.3 is 0 Å². The van der Waals surface area contributed by atoms with Crippen LogP contribution in [0.1, 0.15) is 0 Å². The number of halogens is 1. The number of hydrogen-bond acceptors (Lipinski definition) is 1. The highest BCUT2D eigenvalue weighted by atomic mass is 79.9. The quantitative estimate of drug-likeness (QED) is 0.517. The Bertz CT molecular complexity index is 172. The first kappa shape index (κ1) is 5.82. The Morgan fingerprint density at radius 1 is 1.50 bits per heavy atom. The summed E-state index contributed by atoms with van der Waals surface area (Å²) in [6.45, 7) is 0. The van der Waals surface area contributed by atoms with Crippen LogP contribution in [0.25, 0.3) is 0 Å². The second-order valence-corrected chi connectivity index (χ2v) is 2.35. The fraction of sp³-hybridized carbons (Fsp3) is 0. The van der Waals surface area contributed by atoms with E-state index in [1.54, 1.807) is 18.5 Å². The first-order chi connectivity index (χ1) is 3.79. The van der Waals surface area contributed by atoms with E-state index in [0.717, 1.165) is 4.47 Å². The van der Waals surface area contributed by atoms with Gasteiger partial charge in [0.05, 0.1) is 0 Å². The average molecular weight is 168 g/mol. The molecule has 38 valence electrons. The van der Waals surface area contributed by atoms with Crippen molar-refractivity contribution in [3.63, 3.8) is 0 Å². The molecule has 0 atom stereocenters. The van der Waals surface area contributed by atoms with E-state index < -0.39 is 0 Å². The summed E-state index contributed by atoms with van der Waals surface area (Å²) < 4.78 is 0.914. The van der Waals surface area contributed by atoms with E-state index in [9.17, 15) is 0 Å². The summed E-state index contributed by atoms with van der Waals surface area (Å²) in [7, 11) is 5.37. The molecule has 1 aromatic heterocycles. The first-order valence-corrected chi connectivity index (χ1v) is 2.94. The Hall–Kier alpha value is -0.305. The van der Waals surface area contributed by atoms with Crippen LogP contribution in [-0.4, -0.2) is 12.8 Å². The number of rotatable bonds is 0. The molecular weight excluding hydrogens is 165 g/mol. The van der Waals surface area contributed by atoms with Gasteiger partial charge in [-0.1, -0.05) is 11.5 Å². The molecule has 1 aromatic rings. The molecule has 0 aliphatic carbocycles. The van der Waals surface area contributed by atoms with Crippen LogP contribution in [0.15, 0.2) is 22.9 Å². The molecule has 0 aliphatic heterocycles. The van der Waals surface area contributed by atoms with E-state index in [-0.39, 0.29) is 0 Å². The zero-order valence-corrected chi connectivity index (χ0v) is 5.72. The Labute approximate surface area is 57.7 Å². The van der Waals surface area contributed by atoms with Gasteiger partial charge in [-0.25, -0.2) is 0 Å². The molecule has 0 amide bonds. The van der Waals surface area contributed by atoms with Gasteiger partial charge in [-0.15, -0.1) is 0 Å². The third-order valence-corrected chi connectivity index (χ3v) is 1.16. The summed E-state index contributed by atoms with van der Waals surface area (Å²) in [6, 6.07) is 1.80. The Morgan fingerprint density at radius 2 is 2.25 bits per heavy atom. The maximum Gasteiger partial charge on any atom is 0.116 e. The minimum atomic E-state index is 0.680. The molecule has 0 unspecified atom stereocenters. The molecule has 1 heterocycles. The summed E-state index contributed by atoms with van der Waals surface area (Å²) >= 11 is 3.22. The van der Waals surface area contributed by atoms with E-state index in [2.05, 4.69) is 20.9 Å². The van der Waals surface area contributed by atoms with Crippen molar-refractivity contribution in [1.82, 2.24) is 4.98 Å². The fourth-order valence-electron chi connectivity index (χ4n) is 0.428. The molecule has 0 fully saturated rings. The molecular formula is C5H3BBrN. The fourth-order valence-corrected chi connectivity index (χ4v) is 0.811. The van der Waals surface area contributed by atoms with Crippen LogP contribution in [0.4, 0.5) is 0 Å². The van der Waals surface area contributed by atoms with Gasteiger partial charge in [0, 0.05) is 16.9 Å². The lowest BCUT2D eigenvalue weighted by atomic mass is 9.99. The number of hydrogen-bond donors (Lipinski definition) is 0. The lowest BCUT2D eigenvalue weighted by Crippen LogP contribution is -2.00. The van der Waals surface area contributed by atoms with Crippen molar-refractivity contribution in [3.8, 4) is 0 Å². The maximum atomic E-state index is 5.37. The largest absolute Gasteiger partial charge is 0.264 e. The van der Waals surface area contributed by atoms with E-state index >= 15 is 0 Å². The number of aromatic nitrogens is 1. The van der Waals surface area contributed by atoms with Gasteiger partial charge >= 0.3 is 0 Å². The Kier molecular flexibility index (Phi) is 1.68. The summed E-state index contributed by atoms with van der Waals surface area (Å²) in [5, 5.41) is 0. The average Bonchev–Trinajstić information content (AvgIpc) is 1.64. The van der Waals surface area contributed by atoms with Gasteiger partial charge in [0.15, 0.2) is 0 Å². The normalized spacial score (nSPS) is 9.12. The first-order valence-electron chi connectivity index (χ1n) is 2.15. The zero-order chi connectivity index (χ0) is 5.98. The van der Waals surface area contributed by atoms with Gasteiger partial charge in [-0.3, -0.25) is 4.98 Å². The summed E-state index contributed by atoms with van der Waals surface area (Å²) in [6.07, 6.45) is 3.29. The predicted molar refractivity (Wildman–Crippen MR) is 37.3 cm³/mol. The highest BCUT2D eigenvalue weighted by Crippen LogP contribution is 2.01. The minimum Gasteiger partial charge on any atom is -0.264 e. The van der Waals surface area contributed by atoms with Crippen LogP contribution < -0.4 is 5.46 Å². The van der Waals surface area contributed by atoms with Crippen LogP contribution >= 0.6 is 15.9 Å². The molecule has 0 saturated heterocycles. The third-order valence-electron chi connectivity index (χ3n) is 0.726. The molecule has 0 aromatic carbocycles. The van der Waals surface area contributed by atoms with Crippen molar-refractivity contribution in [2.24, 2.45) is 0 Å². The predicted octanol–water partition coefficient (Wildman–Crippen LogP) is 0.638. The van der Waals surface area contributed by atoms with Gasteiger partial charge in [0.2, 0.25) is 0 Å². The second-order valence-electron chi connectivity index (χ2n) is 1.44. The van der Waals surface area contributed by atoms with Crippen molar-refractivity contribution in [1.29, 1.82) is 0 Å². The summed E-state index contributed by atoms with van der Waals surface area (Å²) in [5.74, 6) is 0. The van der Waals surface area contributed by atoms with Crippen LogP contribution in [0.2, 0.25) is 0 Å². The molecule has 0 spiro atoms. The SMILES string of the molecule is [B]c1cncc(Br)c1. The number of pyridine rings is 1. The second kappa shape index (κ2) is 2.31. The Morgan fingerprint density at radius 3 is 2.62 bits per heavy atom. The van der Waals surface area contributed by atoms with Crippen LogP contribution in [-0.2, 0) is 0 Å². The Balaban J connectivity index is 3.08. The van der Waals surface area contributed by atoms with E-state index in [4.69, 9.17) is 7.85 Å². The molecule has 0 N–H and O–H groups in total. The van der Waals surface area contributed by atoms with Crippen LogP contribution in [0.3, 0.4) is 0 Å². The molecule has 3 heteroatoms. The van der Waals surface area contributed by atoms with E-state index in [1.165, 1.54) is 0 Å².